The summed E-state index contributed by atoms with van der Waals surface area (Å²) in [5, 5.41) is 5.07. The van der Waals surface area contributed by atoms with Crippen molar-refractivity contribution in [2.45, 2.75) is 11.8 Å². The molecule has 1 aromatic heterocycles. The molecule has 63 heavy (non-hydrogen) atoms. The number of para-hydroxylation sites is 1. The number of benzene rings is 10. The van der Waals surface area contributed by atoms with E-state index in [1.807, 2.05) is 0 Å². The topological polar surface area (TPSA) is 4.93 Å². The number of hydrogen-bond donors (Lipinski definition) is 0. The largest absolute Gasteiger partial charge is 0.309 e. The molecule has 0 saturated heterocycles. The van der Waals surface area contributed by atoms with E-state index < -0.39 is 5.41 Å². The zero-order chi connectivity index (χ0) is 41.7. The standard InChI is InChI=1S/C62H43N/c1-4-16-43(17-5-1)40-49(48-35-39-59-57(42-48)54-24-12-14-26-58(54)62(59,50-19-6-2-7-20-50)51-21-8-3-9-22-51)41-44-28-30-45(31-29-44)46-32-36-52(37-33-46)63-60-27-15-13-25-55(60)56-38-34-47-18-10-11-23-53(47)61(56)63/h1-39,41-42H,40H2/b49-41-. The van der Waals surface area contributed by atoms with Crippen LogP contribution in [0.1, 0.15) is 38.9 Å². The molecule has 0 amide bonds. The molecule has 1 heterocycles. The Kier molecular flexibility index (Phi) is 8.86. The van der Waals surface area contributed by atoms with Gasteiger partial charge in [0.25, 0.3) is 0 Å². The van der Waals surface area contributed by atoms with Crippen molar-refractivity contribution < 1.29 is 0 Å². The van der Waals surface area contributed by atoms with Crippen LogP contribution >= 0.6 is 0 Å². The Labute approximate surface area is 368 Å². The van der Waals surface area contributed by atoms with Gasteiger partial charge in [0.15, 0.2) is 0 Å². The molecule has 0 radical (unpaired) electrons. The van der Waals surface area contributed by atoms with Gasteiger partial charge in [0.05, 0.1) is 16.4 Å². The minimum absolute atomic E-state index is 0.415. The molecule has 1 heteroatoms. The van der Waals surface area contributed by atoms with E-state index in [9.17, 15) is 0 Å². The molecule has 1 aliphatic carbocycles. The summed E-state index contributed by atoms with van der Waals surface area (Å²) in [6.45, 7) is 0. The van der Waals surface area contributed by atoms with Gasteiger partial charge >= 0.3 is 0 Å². The van der Waals surface area contributed by atoms with E-state index in [0.717, 1.165) is 12.1 Å². The van der Waals surface area contributed by atoms with Crippen molar-refractivity contribution in [2.75, 3.05) is 0 Å². The SMILES string of the molecule is C(=C(\Cc1ccccc1)c1ccc2c(c1)-c1ccccc1C2(c1ccccc1)c1ccccc1)/c1ccc(-c2ccc(-n3c4ccccc4c4ccc5ccccc5c43)cc2)cc1. The van der Waals surface area contributed by atoms with Crippen LogP contribution in [0.3, 0.4) is 0 Å². The predicted octanol–water partition coefficient (Wildman–Crippen LogP) is 15.8. The molecule has 11 aromatic rings. The number of hydrogen-bond acceptors (Lipinski definition) is 0. The highest BCUT2D eigenvalue weighted by atomic mass is 15.0. The molecule has 12 rings (SSSR count). The highest BCUT2D eigenvalue weighted by Gasteiger charge is 2.46. The van der Waals surface area contributed by atoms with Crippen LogP contribution in [0, 0.1) is 0 Å². The zero-order valence-corrected chi connectivity index (χ0v) is 34.8. The molecule has 0 fully saturated rings. The molecule has 0 saturated carbocycles. The summed E-state index contributed by atoms with van der Waals surface area (Å²) in [6, 6.07) is 89.3. The summed E-state index contributed by atoms with van der Waals surface area (Å²) < 4.78 is 2.43. The second-order valence-corrected chi connectivity index (χ2v) is 16.8. The monoisotopic (exact) mass is 801 g/mol. The fraction of sp³-hybridized carbons (Fsp3) is 0.0323. The molecule has 10 aromatic carbocycles. The van der Waals surface area contributed by atoms with Crippen molar-refractivity contribution in [1.29, 1.82) is 0 Å². The van der Waals surface area contributed by atoms with Crippen LogP contribution < -0.4 is 0 Å². The molecular formula is C62H43N. The van der Waals surface area contributed by atoms with Crippen LogP contribution in [0.2, 0.25) is 0 Å². The Balaban J connectivity index is 0.927. The minimum Gasteiger partial charge on any atom is -0.309 e. The fourth-order valence-electron chi connectivity index (χ4n) is 10.5. The first kappa shape index (κ1) is 36.8. The van der Waals surface area contributed by atoms with Crippen molar-refractivity contribution in [3.05, 3.63) is 282 Å². The lowest BCUT2D eigenvalue weighted by Crippen LogP contribution is -2.28. The number of nitrogens with zero attached hydrogens (tertiary/aromatic N) is 1. The third-order valence-corrected chi connectivity index (χ3v) is 13.3. The molecule has 0 atom stereocenters. The summed E-state index contributed by atoms with van der Waals surface area (Å²) in [4.78, 5) is 0. The quantitative estimate of drug-likeness (QED) is 0.135. The molecule has 0 spiro atoms. The van der Waals surface area contributed by atoms with Gasteiger partial charge in [-0.2, -0.15) is 0 Å². The van der Waals surface area contributed by atoms with Crippen molar-refractivity contribution in [3.63, 3.8) is 0 Å². The van der Waals surface area contributed by atoms with Gasteiger partial charge < -0.3 is 4.57 Å². The highest BCUT2D eigenvalue weighted by Crippen LogP contribution is 2.56. The van der Waals surface area contributed by atoms with E-state index in [1.165, 1.54) is 99.3 Å². The third kappa shape index (κ3) is 6.08. The maximum Gasteiger partial charge on any atom is 0.0713 e. The minimum atomic E-state index is -0.415. The van der Waals surface area contributed by atoms with Crippen molar-refractivity contribution >= 4 is 44.2 Å². The zero-order valence-electron chi connectivity index (χ0n) is 34.8. The fourth-order valence-corrected chi connectivity index (χ4v) is 10.5. The van der Waals surface area contributed by atoms with Crippen molar-refractivity contribution in [1.82, 2.24) is 4.57 Å². The van der Waals surface area contributed by atoms with Gasteiger partial charge in [-0.05, 0) is 103 Å². The molecular weight excluding hydrogens is 759 g/mol. The summed E-state index contributed by atoms with van der Waals surface area (Å²) in [5.74, 6) is 0. The lowest BCUT2D eigenvalue weighted by molar-refractivity contribution is 0.768. The smallest absolute Gasteiger partial charge is 0.0713 e. The number of aromatic nitrogens is 1. The maximum absolute atomic E-state index is 2.45. The second kappa shape index (κ2) is 15.2. The van der Waals surface area contributed by atoms with Gasteiger partial charge in [-0.25, -0.2) is 0 Å². The van der Waals surface area contributed by atoms with Crippen LogP contribution in [0.25, 0.3) is 72.2 Å². The molecule has 0 aliphatic heterocycles. The summed E-state index contributed by atoms with van der Waals surface area (Å²) in [7, 11) is 0. The molecule has 296 valence electrons. The Morgan fingerprint density at radius 2 is 1.02 bits per heavy atom. The van der Waals surface area contributed by atoms with E-state index in [0.29, 0.717) is 0 Å². The molecule has 1 aliphatic rings. The van der Waals surface area contributed by atoms with Gasteiger partial charge in [-0.1, -0.05) is 224 Å². The normalized spacial score (nSPS) is 13.0. The van der Waals surface area contributed by atoms with Gasteiger partial charge in [-0.15, -0.1) is 0 Å². The van der Waals surface area contributed by atoms with Crippen LogP contribution in [0.15, 0.2) is 243 Å². The van der Waals surface area contributed by atoms with E-state index in [-0.39, 0.29) is 0 Å². The first-order valence-corrected chi connectivity index (χ1v) is 22.0. The Morgan fingerprint density at radius 1 is 0.429 bits per heavy atom. The third-order valence-electron chi connectivity index (χ3n) is 13.3. The molecule has 0 N–H and O–H groups in total. The number of allylic oxidation sites excluding steroid dienone is 1. The Morgan fingerprint density at radius 3 is 1.75 bits per heavy atom. The van der Waals surface area contributed by atoms with Crippen molar-refractivity contribution in [2.24, 2.45) is 0 Å². The van der Waals surface area contributed by atoms with Gasteiger partial charge in [-0.3, -0.25) is 0 Å². The van der Waals surface area contributed by atoms with Crippen LogP contribution in [-0.4, -0.2) is 4.57 Å². The summed E-state index contributed by atoms with van der Waals surface area (Å²) in [6.07, 6.45) is 3.21. The van der Waals surface area contributed by atoms with Crippen LogP contribution in [-0.2, 0) is 11.8 Å². The van der Waals surface area contributed by atoms with Crippen LogP contribution in [0.5, 0.6) is 0 Å². The molecule has 0 unspecified atom stereocenters. The lowest BCUT2D eigenvalue weighted by atomic mass is 9.67. The summed E-state index contributed by atoms with van der Waals surface area (Å²) in [5.41, 5.74) is 18.4. The van der Waals surface area contributed by atoms with Crippen molar-refractivity contribution in [3.8, 4) is 27.9 Å². The van der Waals surface area contributed by atoms with E-state index >= 15 is 0 Å². The second-order valence-electron chi connectivity index (χ2n) is 16.8. The first-order valence-electron chi connectivity index (χ1n) is 22.0. The van der Waals surface area contributed by atoms with Gasteiger partial charge in [0, 0.05) is 21.8 Å². The number of rotatable bonds is 8. The first-order chi connectivity index (χ1) is 31.2. The van der Waals surface area contributed by atoms with E-state index in [1.54, 1.807) is 0 Å². The van der Waals surface area contributed by atoms with Gasteiger partial charge in [0.1, 0.15) is 0 Å². The molecule has 1 nitrogen and oxygen atoms in total. The highest BCUT2D eigenvalue weighted by molar-refractivity contribution is 6.18. The average Bonchev–Trinajstić information content (AvgIpc) is 3.86. The predicted molar refractivity (Wildman–Crippen MR) is 265 cm³/mol. The Bertz CT molecular complexity index is 3450. The summed E-state index contributed by atoms with van der Waals surface area (Å²) >= 11 is 0. The molecule has 0 bridgehead atoms. The number of fused-ring (bicyclic) bond motifs is 8. The average molecular weight is 802 g/mol. The van der Waals surface area contributed by atoms with Crippen LogP contribution in [0.4, 0.5) is 0 Å². The lowest BCUT2D eigenvalue weighted by Gasteiger charge is -2.33. The van der Waals surface area contributed by atoms with E-state index in [4.69, 9.17) is 0 Å². The van der Waals surface area contributed by atoms with Gasteiger partial charge in [0.2, 0.25) is 0 Å². The maximum atomic E-state index is 2.45. The Hall–Kier alpha value is -8.00. The van der Waals surface area contributed by atoms with E-state index in [2.05, 4.69) is 253 Å².